The lowest BCUT2D eigenvalue weighted by molar-refractivity contribution is 0.0634. The Bertz CT molecular complexity index is 855. The Labute approximate surface area is 121 Å². The van der Waals surface area contributed by atoms with Crippen molar-refractivity contribution in [2.45, 2.75) is 0 Å². The van der Waals surface area contributed by atoms with Crippen LogP contribution in [0.3, 0.4) is 0 Å². The Kier molecular flexibility index (Phi) is 3.47. The first-order valence-corrected chi connectivity index (χ1v) is 5.64. The summed E-state index contributed by atoms with van der Waals surface area (Å²) < 4.78 is 0. The summed E-state index contributed by atoms with van der Waals surface area (Å²) in [5.41, 5.74) is -3.08. The molecule has 2 aromatic rings. The molecule has 0 unspecified atom stereocenters. The van der Waals surface area contributed by atoms with Crippen LogP contribution in [0.25, 0.3) is 10.9 Å². The van der Waals surface area contributed by atoms with Crippen LogP contribution in [0.4, 0.5) is 0 Å². The number of carboxylic acids is 4. The molecule has 112 valence electrons. The number of nitrogens with zero attached hydrogens (tertiary/aromatic N) is 1. The molecule has 0 aliphatic heterocycles. The van der Waals surface area contributed by atoms with E-state index < -0.39 is 40.6 Å². The predicted molar refractivity (Wildman–Crippen MR) is 69.6 cm³/mol. The minimum absolute atomic E-state index is 0.0975. The molecule has 22 heavy (non-hydrogen) atoms. The Hall–Kier alpha value is -3.49. The van der Waals surface area contributed by atoms with Crippen LogP contribution in [0.15, 0.2) is 18.3 Å². The lowest BCUT2D eigenvalue weighted by Gasteiger charge is -2.10. The minimum atomic E-state index is -1.74. The predicted octanol–water partition coefficient (Wildman–Crippen LogP) is 1.03. The molecule has 0 bridgehead atoms. The first-order valence-electron chi connectivity index (χ1n) is 5.64. The topological polar surface area (TPSA) is 162 Å². The number of carboxylic acid groups (broad SMARTS) is 4. The van der Waals surface area contributed by atoms with E-state index in [2.05, 4.69) is 4.98 Å². The molecule has 0 saturated carbocycles. The maximum Gasteiger partial charge on any atom is 0.338 e. The summed E-state index contributed by atoms with van der Waals surface area (Å²) in [4.78, 5) is 48.3. The van der Waals surface area contributed by atoms with Gasteiger partial charge in [-0.05, 0) is 12.1 Å². The van der Waals surface area contributed by atoms with Gasteiger partial charge in [0.15, 0.2) is 0 Å². The van der Waals surface area contributed by atoms with Crippen molar-refractivity contribution in [3.8, 4) is 0 Å². The highest BCUT2D eigenvalue weighted by atomic mass is 16.4. The fourth-order valence-electron chi connectivity index (χ4n) is 2.00. The average Bonchev–Trinajstić information content (AvgIpc) is 2.43. The fraction of sp³-hybridized carbons (Fsp3) is 0. The summed E-state index contributed by atoms with van der Waals surface area (Å²) in [6.45, 7) is 0. The van der Waals surface area contributed by atoms with E-state index in [1.807, 2.05) is 0 Å². The second-order valence-electron chi connectivity index (χ2n) is 4.19. The lowest BCUT2D eigenvalue weighted by atomic mass is 9.96. The largest absolute Gasteiger partial charge is 0.478 e. The third-order valence-electron chi connectivity index (χ3n) is 2.88. The molecule has 1 heterocycles. The van der Waals surface area contributed by atoms with Gasteiger partial charge in [-0.1, -0.05) is 0 Å². The Morgan fingerprint density at radius 2 is 1.36 bits per heavy atom. The number of carbonyl (C=O) groups is 4. The van der Waals surface area contributed by atoms with Crippen LogP contribution in [0, 0.1) is 0 Å². The monoisotopic (exact) mass is 305 g/mol. The number of aromatic carboxylic acids is 4. The number of rotatable bonds is 4. The van der Waals surface area contributed by atoms with Crippen molar-refractivity contribution >= 4 is 34.8 Å². The van der Waals surface area contributed by atoms with Gasteiger partial charge in [0.05, 0.1) is 22.2 Å². The molecule has 0 fully saturated rings. The van der Waals surface area contributed by atoms with Crippen molar-refractivity contribution in [2.24, 2.45) is 0 Å². The lowest BCUT2D eigenvalue weighted by Crippen LogP contribution is -2.16. The molecule has 0 saturated heterocycles. The van der Waals surface area contributed by atoms with Crippen molar-refractivity contribution in [3.63, 3.8) is 0 Å². The molecule has 0 spiro atoms. The van der Waals surface area contributed by atoms with Gasteiger partial charge < -0.3 is 20.4 Å². The summed E-state index contributed by atoms with van der Waals surface area (Å²) in [7, 11) is 0. The van der Waals surface area contributed by atoms with Crippen LogP contribution in [0.2, 0.25) is 0 Å². The van der Waals surface area contributed by atoms with Gasteiger partial charge in [-0.15, -0.1) is 0 Å². The maximum absolute atomic E-state index is 11.3. The smallest absolute Gasteiger partial charge is 0.338 e. The molecule has 2 rings (SSSR count). The van der Waals surface area contributed by atoms with E-state index in [0.29, 0.717) is 0 Å². The highest BCUT2D eigenvalue weighted by molar-refractivity contribution is 6.16. The van der Waals surface area contributed by atoms with Crippen LogP contribution in [0.1, 0.15) is 41.4 Å². The molecule has 0 aliphatic carbocycles. The van der Waals surface area contributed by atoms with Gasteiger partial charge in [0.1, 0.15) is 5.56 Å². The molecule has 9 nitrogen and oxygen atoms in total. The maximum atomic E-state index is 11.3. The molecule has 1 aromatic carbocycles. The van der Waals surface area contributed by atoms with E-state index in [0.717, 1.165) is 18.3 Å². The van der Waals surface area contributed by atoms with Crippen LogP contribution in [0.5, 0.6) is 0 Å². The quantitative estimate of drug-likeness (QED) is 0.645. The van der Waals surface area contributed by atoms with E-state index in [4.69, 9.17) is 15.3 Å². The Morgan fingerprint density at radius 1 is 0.773 bits per heavy atom. The molecule has 0 amide bonds. The first kappa shape index (κ1) is 14.9. The summed E-state index contributed by atoms with van der Waals surface area (Å²) in [5.74, 6) is -6.41. The highest BCUT2D eigenvalue weighted by Gasteiger charge is 2.28. The van der Waals surface area contributed by atoms with Gasteiger partial charge in [-0.25, -0.2) is 19.2 Å². The van der Waals surface area contributed by atoms with E-state index in [-0.39, 0.29) is 16.5 Å². The number of pyridine rings is 1. The standard InChI is InChI=1S/C13H7NO8/c15-10(16)5-1-4-2-6(11(17)18)7(12(19)20)8(13(21)22)9(4)14-3-5/h1-3H,(H,15,16)(H,17,18)(H,19,20)(H,21,22). The zero-order valence-electron chi connectivity index (χ0n) is 10.6. The van der Waals surface area contributed by atoms with Crippen molar-refractivity contribution in [2.75, 3.05) is 0 Å². The molecule has 1 aromatic heterocycles. The van der Waals surface area contributed by atoms with Gasteiger partial charge >= 0.3 is 23.9 Å². The number of benzene rings is 1. The summed E-state index contributed by atoms with van der Waals surface area (Å²) in [5, 5.41) is 36.1. The molecule has 0 atom stereocenters. The normalized spacial score (nSPS) is 10.4. The molecule has 4 N–H and O–H groups in total. The molecule has 0 aliphatic rings. The van der Waals surface area contributed by atoms with Crippen molar-refractivity contribution < 1.29 is 39.6 Å². The molecule has 9 heteroatoms. The number of hydrogen-bond acceptors (Lipinski definition) is 5. The third-order valence-corrected chi connectivity index (χ3v) is 2.88. The van der Waals surface area contributed by atoms with Gasteiger partial charge in [0.25, 0.3) is 0 Å². The van der Waals surface area contributed by atoms with Gasteiger partial charge in [0, 0.05) is 11.6 Å². The highest BCUT2D eigenvalue weighted by Crippen LogP contribution is 2.26. The summed E-state index contributed by atoms with van der Waals surface area (Å²) >= 11 is 0. The SMILES string of the molecule is O=C(O)c1cnc2c(C(=O)O)c(C(=O)O)c(C(=O)O)cc2c1. The van der Waals surface area contributed by atoms with E-state index in [1.165, 1.54) is 0 Å². The van der Waals surface area contributed by atoms with Gasteiger partial charge in [0.2, 0.25) is 0 Å². The van der Waals surface area contributed by atoms with E-state index in [1.54, 1.807) is 0 Å². The van der Waals surface area contributed by atoms with E-state index in [9.17, 15) is 24.3 Å². The molecule has 0 radical (unpaired) electrons. The number of fused-ring (bicyclic) bond motifs is 1. The molecular weight excluding hydrogens is 298 g/mol. The molecular formula is C13H7NO8. The summed E-state index contributed by atoms with van der Waals surface area (Å²) in [6, 6.07) is 1.90. The Balaban J connectivity index is 3.02. The third kappa shape index (κ3) is 2.30. The summed E-state index contributed by atoms with van der Waals surface area (Å²) in [6.07, 6.45) is 0.864. The minimum Gasteiger partial charge on any atom is -0.478 e. The van der Waals surface area contributed by atoms with Crippen molar-refractivity contribution in [1.82, 2.24) is 4.98 Å². The zero-order chi connectivity index (χ0) is 16.6. The van der Waals surface area contributed by atoms with E-state index >= 15 is 0 Å². The number of hydrogen-bond donors (Lipinski definition) is 4. The van der Waals surface area contributed by atoms with Crippen LogP contribution in [-0.4, -0.2) is 49.3 Å². The second kappa shape index (κ2) is 5.13. The average molecular weight is 305 g/mol. The fourth-order valence-corrected chi connectivity index (χ4v) is 2.00. The van der Waals surface area contributed by atoms with Crippen molar-refractivity contribution in [1.29, 1.82) is 0 Å². The first-order chi connectivity index (χ1) is 10.2. The second-order valence-corrected chi connectivity index (χ2v) is 4.19. The van der Waals surface area contributed by atoms with Crippen LogP contribution in [-0.2, 0) is 0 Å². The zero-order valence-corrected chi connectivity index (χ0v) is 10.6. The Morgan fingerprint density at radius 3 is 1.82 bits per heavy atom. The number of aromatic nitrogens is 1. The van der Waals surface area contributed by atoms with Gasteiger partial charge in [-0.3, -0.25) is 4.98 Å². The van der Waals surface area contributed by atoms with Gasteiger partial charge in [-0.2, -0.15) is 0 Å². The van der Waals surface area contributed by atoms with Crippen molar-refractivity contribution in [3.05, 3.63) is 40.6 Å². The van der Waals surface area contributed by atoms with Crippen LogP contribution < -0.4 is 0 Å². The van der Waals surface area contributed by atoms with Crippen LogP contribution >= 0.6 is 0 Å².